The molecule has 1 aromatic heterocycles. The SMILES string of the molecule is Cc1c(CN(C)CC(=O)N2CCNCC2)cnn1C. The molecule has 2 rings (SSSR count). The van der Waals surface area contributed by atoms with Gasteiger partial charge in [-0.2, -0.15) is 5.10 Å². The standard InChI is InChI=1S/C13H23N5O/c1-11-12(8-15-17(11)3)9-16(2)10-13(19)18-6-4-14-5-7-18/h8,14H,4-7,9-10H2,1-3H3. The summed E-state index contributed by atoms with van der Waals surface area (Å²) in [6, 6.07) is 0. The van der Waals surface area contributed by atoms with Gasteiger partial charge in [0.15, 0.2) is 0 Å². The minimum absolute atomic E-state index is 0.213. The molecule has 0 atom stereocenters. The molecule has 1 aliphatic heterocycles. The van der Waals surface area contributed by atoms with E-state index in [1.165, 1.54) is 5.56 Å². The van der Waals surface area contributed by atoms with Crippen LogP contribution in [-0.4, -0.2) is 65.3 Å². The van der Waals surface area contributed by atoms with Crippen LogP contribution in [0, 0.1) is 6.92 Å². The highest BCUT2D eigenvalue weighted by Crippen LogP contribution is 2.08. The molecule has 0 bridgehead atoms. The van der Waals surface area contributed by atoms with Crippen molar-refractivity contribution in [1.29, 1.82) is 0 Å². The number of carbonyl (C=O) groups excluding carboxylic acids is 1. The monoisotopic (exact) mass is 265 g/mol. The Hall–Kier alpha value is -1.40. The first-order valence-electron chi connectivity index (χ1n) is 6.72. The molecule has 0 aliphatic carbocycles. The van der Waals surface area contributed by atoms with Gasteiger partial charge < -0.3 is 10.2 Å². The third-order valence-electron chi connectivity index (χ3n) is 3.65. The predicted octanol–water partition coefficient (Wildman–Crippen LogP) is -0.408. The molecular formula is C13H23N5O. The highest BCUT2D eigenvalue weighted by Gasteiger charge is 2.18. The summed E-state index contributed by atoms with van der Waals surface area (Å²) in [5, 5.41) is 7.48. The third-order valence-corrected chi connectivity index (χ3v) is 3.65. The van der Waals surface area contributed by atoms with Crippen molar-refractivity contribution in [3.05, 3.63) is 17.5 Å². The lowest BCUT2D eigenvalue weighted by Gasteiger charge is -2.29. The molecule has 0 aromatic carbocycles. The maximum atomic E-state index is 12.1. The van der Waals surface area contributed by atoms with E-state index in [9.17, 15) is 4.79 Å². The van der Waals surface area contributed by atoms with E-state index in [0.717, 1.165) is 38.4 Å². The van der Waals surface area contributed by atoms with E-state index in [2.05, 4.69) is 10.4 Å². The predicted molar refractivity (Wildman–Crippen MR) is 73.7 cm³/mol. The highest BCUT2D eigenvalue weighted by molar-refractivity contribution is 5.78. The Bertz CT molecular complexity index is 436. The number of likely N-dealkylation sites (N-methyl/N-ethyl adjacent to an activating group) is 1. The molecule has 1 fully saturated rings. The van der Waals surface area contributed by atoms with Gasteiger partial charge in [-0.15, -0.1) is 0 Å². The summed E-state index contributed by atoms with van der Waals surface area (Å²) >= 11 is 0. The molecule has 19 heavy (non-hydrogen) atoms. The minimum atomic E-state index is 0.213. The van der Waals surface area contributed by atoms with Gasteiger partial charge in [0.1, 0.15) is 0 Å². The summed E-state index contributed by atoms with van der Waals surface area (Å²) in [5.41, 5.74) is 2.33. The lowest BCUT2D eigenvalue weighted by Crippen LogP contribution is -2.49. The van der Waals surface area contributed by atoms with E-state index in [-0.39, 0.29) is 5.91 Å². The van der Waals surface area contributed by atoms with Crippen LogP contribution in [0.5, 0.6) is 0 Å². The zero-order valence-electron chi connectivity index (χ0n) is 12.0. The summed E-state index contributed by atoms with van der Waals surface area (Å²) in [7, 11) is 3.91. The van der Waals surface area contributed by atoms with E-state index in [1.54, 1.807) is 0 Å². The molecule has 1 N–H and O–H groups in total. The molecule has 0 saturated carbocycles. The summed E-state index contributed by atoms with van der Waals surface area (Å²) in [4.78, 5) is 16.1. The quantitative estimate of drug-likeness (QED) is 0.804. The Morgan fingerprint density at radius 1 is 1.47 bits per heavy atom. The molecule has 1 amide bonds. The zero-order chi connectivity index (χ0) is 13.8. The van der Waals surface area contributed by atoms with Crippen LogP contribution in [0.15, 0.2) is 6.20 Å². The molecule has 0 radical (unpaired) electrons. The average molecular weight is 265 g/mol. The lowest BCUT2D eigenvalue weighted by atomic mass is 10.2. The highest BCUT2D eigenvalue weighted by atomic mass is 16.2. The molecule has 6 heteroatoms. The van der Waals surface area contributed by atoms with E-state index >= 15 is 0 Å². The van der Waals surface area contributed by atoms with Gasteiger partial charge in [-0.3, -0.25) is 14.4 Å². The average Bonchev–Trinajstić information content (AvgIpc) is 2.71. The second-order valence-electron chi connectivity index (χ2n) is 5.18. The molecule has 1 saturated heterocycles. The number of nitrogens with one attached hydrogen (secondary N) is 1. The molecule has 1 aliphatic rings. The first-order chi connectivity index (χ1) is 9.08. The van der Waals surface area contributed by atoms with Crippen LogP contribution < -0.4 is 5.32 Å². The molecule has 1 aromatic rings. The fraction of sp³-hybridized carbons (Fsp3) is 0.692. The molecular weight excluding hydrogens is 242 g/mol. The van der Waals surface area contributed by atoms with E-state index in [0.29, 0.717) is 6.54 Å². The van der Waals surface area contributed by atoms with Crippen LogP contribution in [-0.2, 0) is 18.4 Å². The zero-order valence-corrected chi connectivity index (χ0v) is 12.0. The van der Waals surface area contributed by atoms with Crippen LogP contribution in [0.25, 0.3) is 0 Å². The smallest absolute Gasteiger partial charge is 0.236 e. The number of aryl methyl sites for hydroxylation is 1. The number of aromatic nitrogens is 2. The Labute approximate surface area is 114 Å². The van der Waals surface area contributed by atoms with E-state index < -0.39 is 0 Å². The lowest BCUT2D eigenvalue weighted by molar-refractivity contribution is -0.132. The first kappa shape index (κ1) is 14.0. The molecule has 0 unspecified atom stereocenters. The number of piperazine rings is 1. The molecule has 106 valence electrons. The van der Waals surface area contributed by atoms with E-state index in [4.69, 9.17) is 0 Å². The largest absolute Gasteiger partial charge is 0.339 e. The van der Waals surface area contributed by atoms with Crippen LogP contribution in [0.2, 0.25) is 0 Å². The van der Waals surface area contributed by atoms with Crippen molar-refractivity contribution in [2.24, 2.45) is 7.05 Å². The number of nitrogens with zero attached hydrogens (tertiary/aromatic N) is 4. The second-order valence-corrected chi connectivity index (χ2v) is 5.18. The fourth-order valence-corrected chi connectivity index (χ4v) is 2.29. The normalized spacial score (nSPS) is 16.1. The van der Waals surface area contributed by atoms with Gasteiger partial charge in [0.25, 0.3) is 0 Å². The van der Waals surface area contributed by atoms with Crippen molar-refractivity contribution in [3.8, 4) is 0 Å². The molecule has 0 spiro atoms. The summed E-state index contributed by atoms with van der Waals surface area (Å²) in [6.45, 7) is 6.71. The molecule has 2 heterocycles. The summed E-state index contributed by atoms with van der Waals surface area (Å²) < 4.78 is 1.86. The van der Waals surface area contributed by atoms with Gasteiger partial charge in [0.2, 0.25) is 5.91 Å². The van der Waals surface area contributed by atoms with Crippen molar-refractivity contribution >= 4 is 5.91 Å². The van der Waals surface area contributed by atoms with Crippen molar-refractivity contribution in [2.75, 3.05) is 39.8 Å². The van der Waals surface area contributed by atoms with Crippen LogP contribution >= 0.6 is 0 Å². The Morgan fingerprint density at radius 2 is 2.16 bits per heavy atom. The first-order valence-corrected chi connectivity index (χ1v) is 6.72. The topological polar surface area (TPSA) is 53.4 Å². The Balaban J connectivity index is 1.85. The summed E-state index contributed by atoms with van der Waals surface area (Å²) in [6.07, 6.45) is 1.88. The van der Waals surface area contributed by atoms with Crippen molar-refractivity contribution in [2.45, 2.75) is 13.5 Å². The Morgan fingerprint density at radius 3 is 2.74 bits per heavy atom. The van der Waals surface area contributed by atoms with Crippen LogP contribution in [0.4, 0.5) is 0 Å². The number of rotatable bonds is 4. The van der Waals surface area contributed by atoms with Gasteiger partial charge in [-0.1, -0.05) is 0 Å². The van der Waals surface area contributed by atoms with Crippen LogP contribution in [0.1, 0.15) is 11.3 Å². The number of amides is 1. The van der Waals surface area contributed by atoms with Crippen molar-refractivity contribution < 1.29 is 4.79 Å². The second kappa shape index (κ2) is 6.16. The fourth-order valence-electron chi connectivity index (χ4n) is 2.29. The maximum absolute atomic E-state index is 12.1. The summed E-state index contributed by atoms with van der Waals surface area (Å²) in [5.74, 6) is 0.213. The maximum Gasteiger partial charge on any atom is 0.236 e. The molecule has 6 nitrogen and oxygen atoms in total. The number of hydrogen-bond donors (Lipinski definition) is 1. The third kappa shape index (κ3) is 3.54. The van der Waals surface area contributed by atoms with Gasteiger partial charge >= 0.3 is 0 Å². The van der Waals surface area contributed by atoms with Gasteiger partial charge in [0, 0.05) is 51.0 Å². The van der Waals surface area contributed by atoms with Gasteiger partial charge in [-0.05, 0) is 14.0 Å². The van der Waals surface area contributed by atoms with E-state index in [1.807, 2.05) is 41.7 Å². The van der Waals surface area contributed by atoms with Gasteiger partial charge in [0.05, 0.1) is 12.7 Å². The number of carbonyl (C=O) groups is 1. The van der Waals surface area contributed by atoms with Crippen molar-refractivity contribution in [1.82, 2.24) is 24.9 Å². The minimum Gasteiger partial charge on any atom is -0.339 e. The van der Waals surface area contributed by atoms with Crippen LogP contribution in [0.3, 0.4) is 0 Å². The van der Waals surface area contributed by atoms with Gasteiger partial charge in [-0.25, -0.2) is 0 Å². The Kier molecular flexibility index (Phi) is 4.55. The number of hydrogen-bond acceptors (Lipinski definition) is 4. The van der Waals surface area contributed by atoms with Crippen molar-refractivity contribution in [3.63, 3.8) is 0 Å².